The molecule has 90 valence electrons. The number of hydrogen-bond acceptors (Lipinski definition) is 2. The average molecular weight is 214 g/mol. The first-order chi connectivity index (χ1) is 7.33. The molecule has 1 aliphatic carbocycles. The lowest BCUT2D eigenvalue weighted by molar-refractivity contribution is 0.0200. The Morgan fingerprint density at radius 1 is 1.27 bits per heavy atom. The molecule has 1 aliphatic rings. The number of aliphatic hydroxyl groups excluding tert-OH is 1. The molecule has 2 heteroatoms. The van der Waals surface area contributed by atoms with E-state index in [2.05, 4.69) is 6.92 Å². The minimum absolute atomic E-state index is 0.232. The van der Waals surface area contributed by atoms with Crippen molar-refractivity contribution in [1.29, 1.82) is 0 Å². The molecule has 0 aliphatic heterocycles. The number of ether oxygens (including phenoxy) is 1. The zero-order chi connectivity index (χ0) is 10.9. The van der Waals surface area contributed by atoms with E-state index in [1.165, 1.54) is 38.5 Å². The highest BCUT2D eigenvalue weighted by Gasteiger charge is 2.17. The summed E-state index contributed by atoms with van der Waals surface area (Å²) in [5.74, 6) is 0.753. The van der Waals surface area contributed by atoms with Gasteiger partial charge >= 0.3 is 0 Å². The first-order valence-corrected chi connectivity index (χ1v) is 6.58. The lowest BCUT2D eigenvalue weighted by Gasteiger charge is -2.23. The molecule has 0 aromatic heterocycles. The van der Waals surface area contributed by atoms with Crippen molar-refractivity contribution in [2.45, 2.75) is 64.4 Å². The van der Waals surface area contributed by atoms with Gasteiger partial charge in [0.2, 0.25) is 0 Å². The Hall–Kier alpha value is -0.0800. The van der Waals surface area contributed by atoms with Gasteiger partial charge in [-0.15, -0.1) is 0 Å². The van der Waals surface area contributed by atoms with Gasteiger partial charge in [0.05, 0.1) is 12.7 Å². The number of unbranched alkanes of at least 4 members (excludes halogenated alkanes) is 1. The van der Waals surface area contributed by atoms with Crippen LogP contribution in [-0.2, 0) is 4.74 Å². The van der Waals surface area contributed by atoms with Crippen molar-refractivity contribution >= 4 is 0 Å². The standard InChI is InChI=1S/C13H26O2/c1-2-3-9-15-11-13(14)10-12-7-5-4-6-8-12/h12-14H,2-11H2,1H3. The first-order valence-electron chi connectivity index (χ1n) is 6.58. The summed E-state index contributed by atoms with van der Waals surface area (Å²) in [6, 6.07) is 0. The Balaban J connectivity index is 1.98. The normalized spacial score (nSPS) is 20.4. The van der Waals surface area contributed by atoms with E-state index in [0.717, 1.165) is 25.4 Å². The quantitative estimate of drug-likeness (QED) is 0.660. The molecular weight excluding hydrogens is 188 g/mol. The second-order valence-corrected chi connectivity index (χ2v) is 4.82. The van der Waals surface area contributed by atoms with E-state index in [9.17, 15) is 5.11 Å². The van der Waals surface area contributed by atoms with E-state index in [-0.39, 0.29) is 6.10 Å². The Kier molecular flexibility index (Phi) is 7.03. The Morgan fingerprint density at radius 3 is 2.67 bits per heavy atom. The zero-order valence-electron chi connectivity index (χ0n) is 10.1. The topological polar surface area (TPSA) is 29.5 Å². The Bertz CT molecular complexity index is 141. The van der Waals surface area contributed by atoms with Crippen molar-refractivity contribution in [1.82, 2.24) is 0 Å². The van der Waals surface area contributed by atoms with Gasteiger partial charge in [-0.3, -0.25) is 0 Å². The van der Waals surface area contributed by atoms with Gasteiger partial charge in [0.1, 0.15) is 0 Å². The summed E-state index contributed by atoms with van der Waals surface area (Å²) in [6.45, 7) is 3.50. The summed E-state index contributed by atoms with van der Waals surface area (Å²) in [6.07, 6.45) is 9.71. The van der Waals surface area contributed by atoms with Crippen LogP contribution in [0.3, 0.4) is 0 Å². The number of hydrogen-bond donors (Lipinski definition) is 1. The fourth-order valence-corrected chi connectivity index (χ4v) is 2.34. The molecule has 1 saturated carbocycles. The molecule has 2 nitrogen and oxygen atoms in total. The van der Waals surface area contributed by atoms with Crippen LogP contribution in [0.1, 0.15) is 58.3 Å². The van der Waals surface area contributed by atoms with Crippen LogP contribution in [0.4, 0.5) is 0 Å². The third kappa shape index (κ3) is 6.16. The summed E-state index contributed by atoms with van der Waals surface area (Å²) in [4.78, 5) is 0. The van der Waals surface area contributed by atoms with Gasteiger partial charge in [-0.25, -0.2) is 0 Å². The van der Waals surface area contributed by atoms with E-state index < -0.39 is 0 Å². The SMILES string of the molecule is CCCCOCC(O)CC1CCCCC1. The monoisotopic (exact) mass is 214 g/mol. The average Bonchev–Trinajstić information content (AvgIpc) is 2.26. The van der Waals surface area contributed by atoms with Crippen molar-refractivity contribution < 1.29 is 9.84 Å². The molecule has 1 fully saturated rings. The summed E-state index contributed by atoms with van der Waals surface area (Å²) >= 11 is 0. The third-order valence-electron chi connectivity index (χ3n) is 3.28. The van der Waals surface area contributed by atoms with Gasteiger partial charge in [0, 0.05) is 6.61 Å². The van der Waals surface area contributed by atoms with Crippen LogP contribution in [0, 0.1) is 5.92 Å². The molecule has 1 unspecified atom stereocenters. The molecule has 1 atom stereocenters. The third-order valence-corrected chi connectivity index (χ3v) is 3.28. The maximum absolute atomic E-state index is 9.78. The van der Waals surface area contributed by atoms with E-state index >= 15 is 0 Å². The van der Waals surface area contributed by atoms with Gasteiger partial charge in [0.25, 0.3) is 0 Å². The molecule has 1 N–H and O–H groups in total. The molecular formula is C13H26O2. The van der Waals surface area contributed by atoms with Crippen molar-refractivity contribution in [2.75, 3.05) is 13.2 Å². The second kappa shape index (κ2) is 8.12. The van der Waals surface area contributed by atoms with Crippen LogP contribution >= 0.6 is 0 Å². The summed E-state index contributed by atoms with van der Waals surface area (Å²) in [5, 5.41) is 9.78. The molecule has 1 rings (SSSR count). The van der Waals surface area contributed by atoms with Crippen LogP contribution < -0.4 is 0 Å². The van der Waals surface area contributed by atoms with E-state index in [0.29, 0.717) is 6.61 Å². The molecule has 0 aromatic rings. The van der Waals surface area contributed by atoms with Crippen molar-refractivity contribution in [3.63, 3.8) is 0 Å². The van der Waals surface area contributed by atoms with Crippen molar-refractivity contribution in [2.24, 2.45) is 5.92 Å². The Morgan fingerprint density at radius 2 is 2.00 bits per heavy atom. The molecule has 15 heavy (non-hydrogen) atoms. The smallest absolute Gasteiger partial charge is 0.0776 e. The highest BCUT2D eigenvalue weighted by atomic mass is 16.5. The van der Waals surface area contributed by atoms with E-state index in [4.69, 9.17) is 4.74 Å². The van der Waals surface area contributed by atoms with Crippen molar-refractivity contribution in [3.05, 3.63) is 0 Å². The summed E-state index contributed by atoms with van der Waals surface area (Å²) in [5.41, 5.74) is 0. The highest BCUT2D eigenvalue weighted by Crippen LogP contribution is 2.27. The van der Waals surface area contributed by atoms with Crippen LogP contribution in [0.2, 0.25) is 0 Å². The molecule has 0 amide bonds. The molecule has 0 saturated heterocycles. The zero-order valence-corrected chi connectivity index (χ0v) is 10.1. The lowest BCUT2D eigenvalue weighted by Crippen LogP contribution is -2.21. The predicted octanol–water partition coefficient (Wildman–Crippen LogP) is 3.13. The fourth-order valence-electron chi connectivity index (χ4n) is 2.34. The molecule has 0 spiro atoms. The highest BCUT2D eigenvalue weighted by molar-refractivity contribution is 4.69. The summed E-state index contributed by atoms with van der Waals surface area (Å²) in [7, 11) is 0. The summed E-state index contributed by atoms with van der Waals surface area (Å²) < 4.78 is 5.43. The minimum Gasteiger partial charge on any atom is -0.391 e. The fraction of sp³-hybridized carbons (Fsp3) is 1.00. The molecule has 0 aromatic carbocycles. The van der Waals surface area contributed by atoms with Crippen LogP contribution in [0.15, 0.2) is 0 Å². The molecule has 0 radical (unpaired) electrons. The van der Waals surface area contributed by atoms with Crippen LogP contribution in [-0.4, -0.2) is 24.4 Å². The van der Waals surface area contributed by atoms with Gasteiger partial charge in [-0.1, -0.05) is 45.4 Å². The van der Waals surface area contributed by atoms with Gasteiger partial charge < -0.3 is 9.84 Å². The Labute approximate surface area is 94.0 Å². The minimum atomic E-state index is -0.232. The van der Waals surface area contributed by atoms with E-state index in [1.54, 1.807) is 0 Å². The second-order valence-electron chi connectivity index (χ2n) is 4.82. The predicted molar refractivity (Wildman–Crippen MR) is 62.9 cm³/mol. The van der Waals surface area contributed by atoms with Gasteiger partial charge in [-0.05, 0) is 18.8 Å². The maximum atomic E-state index is 9.78. The van der Waals surface area contributed by atoms with Crippen LogP contribution in [0.5, 0.6) is 0 Å². The molecule has 0 bridgehead atoms. The number of aliphatic hydroxyl groups is 1. The van der Waals surface area contributed by atoms with Crippen molar-refractivity contribution in [3.8, 4) is 0 Å². The number of rotatable bonds is 7. The maximum Gasteiger partial charge on any atom is 0.0776 e. The molecule has 0 heterocycles. The van der Waals surface area contributed by atoms with Gasteiger partial charge in [0.15, 0.2) is 0 Å². The van der Waals surface area contributed by atoms with Crippen LogP contribution in [0.25, 0.3) is 0 Å². The van der Waals surface area contributed by atoms with E-state index in [1.807, 2.05) is 0 Å². The lowest BCUT2D eigenvalue weighted by atomic mass is 9.85. The van der Waals surface area contributed by atoms with Gasteiger partial charge in [-0.2, -0.15) is 0 Å². The largest absolute Gasteiger partial charge is 0.391 e. The first kappa shape index (κ1) is 13.0.